The van der Waals surface area contributed by atoms with Crippen molar-refractivity contribution in [3.05, 3.63) is 10.6 Å². The molecule has 0 aliphatic rings. The maximum atomic E-state index is 8.75. The van der Waals surface area contributed by atoms with Crippen LogP contribution < -0.4 is 0 Å². The van der Waals surface area contributed by atoms with Crippen LogP contribution in [0.25, 0.3) is 10.6 Å². The van der Waals surface area contributed by atoms with E-state index in [0.29, 0.717) is 12.5 Å². The van der Waals surface area contributed by atoms with Gasteiger partial charge in [0.25, 0.3) is 0 Å². The van der Waals surface area contributed by atoms with Crippen LogP contribution in [0.5, 0.6) is 0 Å². The van der Waals surface area contributed by atoms with Crippen molar-refractivity contribution in [1.82, 2.24) is 0 Å². The van der Waals surface area contributed by atoms with Crippen LogP contribution in [0, 0.1) is 5.92 Å². The van der Waals surface area contributed by atoms with Crippen molar-refractivity contribution in [3.63, 3.8) is 0 Å². The van der Waals surface area contributed by atoms with Crippen LogP contribution >= 0.6 is 12.4 Å². The summed E-state index contributed by atoms with van der Waals surface area (Å²) < 4.78 is 0. The smallest absolute Gasteiger partial charge is 0.662 e. The van der Waals surface area contributed by atoms with Crippen LogP contribution in [-0.2, 0) is 21.7 Å². The first-order valence-electron chi connectivity index (χ1n) is 20.0. The number of halogens is 1. The van der Waals surface area contributed by atoms with E-state index in [1.54, 1.807) is 0 Å². The topological polar surface area (TPSA) is 48.4 Å². The number of aliphatic hydroxyl groups is 1. The van der Waals surface area contributed by atoms with Gasteiger partial charge in [-0.15, -0.1) is 38.6 Å². The standard InChI is InChI=1S/2C16H34N.C8H18O.ClH.Ti/c2*1-3-5-7-9-11-13-15-17-16-14-12-10-8-6-4-2;1-3-5-6-8(4-2)7-9;;/h2*3-16H2,1-2H3;8-9H,3-7H2,1-2H3;1H;/q2*-1;;;+2. The monoisotopic (exact) mass is 695 g/mol. The molecule has 0 aromatic heterocycles. The molecule has 0 saturated carbocycles. The van der Waals surface area contributed by atoms with Gasteiger partial charge < -0.3 is 15.7 Å². The first-order valence-corrected chi connectivity index (χ1v) is 20.0. The second kappa shape index (κ2) is 57.2. The fourth-order valence-corrected chi connectivity index (χ4v) is 5.16. The van der Waals surface area contributed by atoms with E-state index in [4.69, 9.17) is 5.11 Å². The largest absolute Gasteiger partial charge is 2.00 e. The molecule has 0 rings (SSSR count). The molecule has 0 saturated heterocycles. The number of nitrogens with zero attached hydrogens (tertiary/aromatic N) is 2. The van der Waals surface area contributed by atoms with Gasteiger partial charge in [0.05, 0.1) is 0 Å². The fraction of sp³-hybridized carbons (Fsp3) is 1.00. The summed E-state index contributed by atoms with van der Waals surface area (Å²) >= 11 is 0. The zero-order valence-electron chi connectivity index (χ0n) is 32.2. The second-order valence-electron chi connectivity index (χ2n) is 13.0. The van der Waals surface area contributed by atoms with Gasteiger partial charge in [0.2, 0.25) is 0 Å². The number of aliphatic hydroxyl groups excluding tert-OH is 1. The molecule has 0 fully saturated rings. The van der Waals surface area contributed by atoms with Crippen molar-refractivity contribution in [2.75, 3.05) is 32.8 Å². The summed E-state index contributed by atoms with van der Waals surface area (Å²) in [5.41, 5.74) is 0. The Bertz CT molecular complexity index is 369. The van der Waals surface area contributed by atoms with Gasteiger partial charge >= 0.3 is 21.7 Å². The third kappa shape index (κ3) is 60.7. The molecule has 1 atom stereocenters. The van der Waals surface area contributed by atoms with E-state index in [1.165, 1.54) is 173 Å². The number of hydrogen-bond donors (Lipinski definition) is 1. The molecule has 0 radical (unpaired) electrons. The summed E-state index contributed by atoms with van der Waals surface area (Å²) in [7, 11) is 0. The second-order valence-corrected chi connectivity index (χ2v) is 13.0. The Morgan fingerprint density at radius 2 is 0.622 bits per heavy atom. The summed E-state index contributed by atoms with van der Waals surface area (Å²) in [5.74, 6) is 0.560. The molecule has 0 heterocycles. The van der Waals surface area contributed by atoms with Gasteiger partial charge in [-0.3, -0.25) is 0 Å². The van der Waals surface area contributed by atoms with Crippen LogP contribution in [0.4, 0.5) is 0 Å². The minimum Gasteiger partial charge on any atom is -0.662 e. The van der Waals surface area contributed by atoms with Gasteiger partial charge in [-0.05, 0) is 12.3 Å². The molecule has 0 amide bonds. The Labute approximate surface area is 308 Å². The quantitative estimate of drug-likeness (QED) is 0.0539. The van der Waals surface area contributed by atoms with Crippen molar-refractivity contribution < 1.29 is 26.8 Å². The van der Waals surface area contributed by atoms with E-state index >= 15 is 0 Å². The normalized spacial score (nSPS) is 11.0. The molecule has 0 bridgehead atoms. The van der Waals surface area contributed by atoms with Crippen LogP contribution in [0.3, 0.4) is 0 Å². The van der Waals surface area contributed by atoms with Crippen molar-refractivity contribution in [2.45, 2.75) is 221 Å². The number of unbranched alkanes of at least 4 members (excludes halogenated alkanes) is 21. The van der Waals surface area contributed by atoms with E-state index in [-0.39, 0.29) is 34.1 Å². The molecule has 0 aromatic rings. The number of rotatable bonds is 33. The third-order valence-corrected chi connectivity index (χ3v) is 8.48. The SMILES string of the molecule is CCCCC(CC)CO.CCCCCCCC[N-]CCCCCCCC.CCCCCCCC[N-]CCCCCCCC.Cl.[Ti+2]. The van der Waals surface area contributed by atoms with Gasteiger partial charge in [0, 0.05) is 6.61 Å². The fourth-order valence-electron chi connectivity index (χ4n) is 5.16. The zero-order valence-corrected chi connectivity index (χ0v) is 34.5. The average Bonchev–Trinajstić information content (AvgIpc) is 3.03. The van der Waals surface area contributed by atoms with Gasteiger partial charge in [-0.1, -0.05) is 215 Å². The molecule has 5 heteroatoms. The van der Waals surface area contributed by atoms with Gasteiger partial charge in [0.1, 0.15) is 0 Å². The summed E-state index contributed by atoms with van der Waals surface area (Å²) in [4.78, 5) is 0. The van der Waals surface area contributed by atoms with Crippen LogP contribution in [0.2, 0.25) is 0 Å². The molecular weight excluding hydrogens is 608 g/mol. The van der Waals surface area contributed by atoms with Crippen molar-refractivity contribution in [2.24, 2.45) is 5.92 Å². The average molecular weight is 695 g/mol. The van der Waals surface area contributed by atoms with Crippen molar-refractivity contribution in [3.8, 4) is 0 Å². The maximum absolute atomic E-state index is 8.75. The molecule has 1 N–H and O–H groups in total. The molecule has 1 unspecified atom stereocenters. The van der Waals surface area contributed by atoms with Gasteiger partial charge in [-0.25, -0.2) is 0 Å². The molecule has 0 spiro atoms. The first-order chi connectivity index (χ1) is 21.2. The maximum Gasteiger partial charge on any atom is 2.00 e. The van der Waals surface area contributed by atoms with Crippen LogP contribution in [0.1, 0.15) is 221 Å². The Balaban J connectivity index is -0.000000182. The summed E-state index contributed by atoms with van der Waals surface area (Å²) in [6.07, 6.45) is 38.1. The Hall–Kier alpha value is 0.884. The van der Waals surface area contributed by atoms with E-state index in [2.05, 4.69) is 52.2 Å². The minimum atomic E-state index is 0. The molecule has 3 nitrogen and oxygen atoms in total. The van der Waals surface area contributed by atoms with Crippen molar-refractivity contribution >= 4 is 12.4 Å². The van der Waals surface area contributed by atoms with E-state index in [1.807, 2.05) is 0 Å². The summed E-state index contributed by atoms with van der Waals surface area (Å²) in [6, 6.07) is 0. The molecule has 45 heavy (non-hydrogen) atoms. The summed E-state index contributed by atoms with van der Waals surface area (Å²) in [6.45, 7) is 18.2. The van der Waals surface area contributed by atoms with Crippen molar-refractivity contribution in [1.29, 1.82) is 0 Å². The van der Waals surface area contributed by atoms with E-state index in [0.717, 1.165) is 32.6 Å². The van der Waals surface area contributed by atoms with Gasteiger partial charge in [0.15, 0.2) is 0 Å². The summed E-state index contributed by atoms with van der Waals surface area (Å²) in [5, 5.41) is 18.0. The molecule has 0 aromatic carbocycles. The van der Waals surface area contributed by atoms with E-state index < -0.39 is 0 Å². The first kappa shape index (κ1) is 55.3. The predicted octanol–water partition coefficient (Wildman–Crippen LogP) is 14.8. The Morgan fingerprint density at radius 1 is 0.378 bits per heavy atom. The minimum absolute atomic E-state index is 0. The van der Waals surface area contributed by atoms with Gasteiger partial charge in [-0.2, -0.15) is 0 Å². The molecule has 0 aliphatic heterocycles. The van der Waals surface area contributed by atoms with Crippen LogP contribution in [0.15, 0.2) is 0 Å². The predicted molar refractivity (Wildman–Crippen MR) is 207 cm³/mol. The molecular formula is C40H87ClN2OTi. The Morgan fingerprint density at radius 3 is 0.844 bits per heavy atom. The van der Waals surface area contributed by atoms with E-state index in [9.17, 15) is 0 Å². The molecule has 0 aliphatic carbocycles. The Kier molecular flexibility index (Phi) is 70.3. The number of hydrogen-bond acceptors (Lipinski definition) is 1. The zero-order chi connectivity index (χ0) is 32.3. The third-order valence-electron chi connectivity index (χ3n) is 8.48. The molecule has 274 valence electrons. The van der Waals surface area contributed by atoms with Crippen LogP contribution in [-0.4, -0.2) is 37.9 Å².